The first-order chi connectivity index (χ1) is 10.7. The molecule has 3 aromatic heterocycles. The largest absolute Gasteiger partial charge is 0.485 e. The van der Waals surface area contributed by atoms with E-state index in [0.29, 0.717) is 6.61 Å². The Morgan fingerprint density at radius 1 is 1.18 bits per heavy atom. The van der Waals surface area contributed by atoms with Crippen LogP contribution in [0, 0.1) is 13.8 Å². The molecule has 0 aliphatic heterocycles. The summed E-state index contributed by atoms with van der Waals surface area (Å²) in [6, 6.07) is 5.86. The van der Waals surface area contributed by atoms with Gasteiger partial charge in [-0.3, -0.25) is 9.97 Å². The molecule has 4 heteroatoms. The second-order valence-corrected chi connectivity index (χ2v) is 5.57. The zero-order valence-electron chi connectivity index (χ0n) is 13.3. The first-order valence-corrected chi connectivity index (χ1v) is 7.70. The second-order valence-electron chi connectivity index (χ2n) is 5.57. The van der Waals surface area contributed by atoms with Crippen molar-refractivity contribution in [2.24, 2.45) is 0 Å². The molecular weight excluding hydrogens is 274 g/mol. The number of nitrogens with zero attached hydrogens (tertiary/aromatic N) is 2. The highest BCUT2D eigenvalue weighted by Gasteiger charge is 2.15. The van der Waals surface area contributed by atoms with E-state index in [2.05, 4.69) is 35.7 Å². The van der Waals surface area contributed by atoms with E-state index in [-0.39, 0.29) is 0 Å². The minimum Gasteiger partial charge on any atom is -0.485 e. The van der Waals surface area contributed by atoms with Crippen LogP contribution < -0.4 is 4.74 Å². The fraction of sp³-hybridized carbons (Fsp3) is 0.333. The van der Waals surface area contributed by atoms with Crippen LogP contribution >= 0.6 is 0 Å². The fourth-order valence-corrected chi connectivity index (χ4v) is 2.63. The van der Waals surface area contributed by atoms with Gasteiger partial charge in [0.1, 0.15) is 17.9 Å². The summed E-state index contributed by atoms with van der Waals surface area (Å²) >= 11 is 0. The lowest BCUT2D eigenvalue weighted by atomic mass is 10.1. The Labute approximate surface area is 130 Å². The molecule has 22 heavy (non-hydrogen) atoms. The van der Waals surface area contributed by atoms with Gasteiger partial charge in [0.15, 0.2) is 0 Å². The molecule has 3 aromatic rings. The number of aromatic amines is 1. The van der Waals surface area contributed by atoms with E-state index in [9.17, 15) is 0 Å². The fourth-order valence-electron chi connectivity index (χ4n) is 2.63. The Morgan fingerprint density at radius 2 is 2.05 bits per heavy atom. The number of rotatable bonds is 5. The average molecular weight is 295 g/mol. The molecule has 0 saturated carbocycles. The van der Waals surface area contributed by atoms with Gasteiger partial charge in [0.25, 0.3) is 0 Å². The molecule has 1 N–H and O–H groups in total. The zero-order valence-corrected chi connectivity index (χ0v) is 13.3. The molecule has 0 aliphatic rings. The maximum atomic E-state index is 6.12. The maximum absolute atomic E-state index is 6.12. The number of aromatic nitrogens is 3. The summed E-state index contributed by atoms with van der Waals surface area (Å²) in [5.41, 5.74) is 6.38. The molecule has 0 unspecified atom stereocenters. The molecule has 0 aliphatic carbocycles. The van der Waals surface area contributed by atoms with Crippen molar-refractivity contribution in [3.05, 3.63) is 53.1 Å². The first-order valence-electron chi connectivity index (χ1n) is 7.70. The quantitative estimate of drug-likeness (QED) is 0.770. The number of nitrogens with one attached hydrogen (secondary N) is 1. The third kappa shape index (κ3) is 2.69. The molecule has 0 amide bonds. The van der Waals surface area contributed by atoms with Crippen LogP contribution in [0.2, 0.25) is 0 Å². The van der Waals surface area contributed by atoms with E-state index in [1.54, 1.807) is 6.20 Å². The number of ether oxygens (including phenoxy) is 1. The monoisotopic (exact) mass is 295 g/mol. The molecule has 114 valence electrons. The van der Waals surface area contributed by atoms with Gasteiger partial charge in [-0.2, -0.15) is 0 Å². The summed E-state index contributed by atoms with van der Waals surface area (Å²) in [6.07, 6.45) is 5.75. The summed E-state index contributed by atoms with van der Waals surface area (Å²) in [7, 11) is 0. The number of hydrogen-bond donors (Lipinski definition) is 1. The summed E-state index contributed by atoms with van der Waals surface area (Å²) in [6.45, 7) is 6.79. The predicted octanol–water partition coefficient (Wildman–Crippen LogP) is 4.11. The van der Waals surface area contributed by atoms with E-state index in [1.807, 2.05) is 24.4 Å². The van der Waals surface area contributed by atoms with E-state index >= 15 is 0 Å². The topological polar surface area (TPSA) is 50.8 Å². The van der Waals surface area contributed by atoms with Gasteiger partial charge in [-0.15, -0.1) is 0 Å². The molecule has 0 radical (unpaired) electrons. The third-order valence-electron chi connectivity index (χ3n) is 3.95. The molecular formula is C18H21N3O. The molecule has 0 fully saturated rings. The minimum absolute atomic E-state index is 0.466. The van der Waals surface area contributed by atoms with Crippen molar-refractivity contribution in [1.29, 1.82) is 0 Å². The van der Waals surface area contributed by atoms with Crippen molar-refractivity contribution in [1.82, 2.24) is 15.0 Å². The van der Waals surface area contributed by atoms with Crippen LogP contribution in [0.4, 0.5) is 0 Å². The number of pyridine rings is 2. The standard InChI is InChI=1S/C18H21N3O/c1-4-7-14-10-20-16-12(2)13(3)21-17(16)18(14)22-11-15-8-5-6-9-19-15/h5-6,8-10,21H,4,7,11H2,1-3H3. The van der Waals surface area contributed by atoms with Gasteiger partial charge in [-0.1, -0.05) is 19.4 Å². The average Bonchev–Trinajstić information content (AvgIpc) is 2.83. The number of H-pyrrole nitrogens is 1. The second kappa shape index (κ2) is 6.18. The molecule has 0 saturated heterocycles. The lowest BCUT2D eigenvalue weighted by Crippen LogP contribution is -2.02. The van der Waals surface area contributed by atoms with Crippen molar-refractivity contribution in [2.45, 2.75) is 40.2 Å². The Hall–Kier alpha value is -2.36. The lowest BCUT2D eigenvalue weighted by Gasteiger charge is -2.12. The van der Waals surface area contributed by atoms with E-state index in [1.165, 1.54) is 5.56 Å². The van der Waals surface area contributed by atoms with Crippen LogP contribution in [-0.4, -0.2) is 15.0 Å². The molecule has 3 rings (SSSR count). The van der Waals surface area contributed by atoms with Crippen molar-refractivity contribution in [2.75, 3.05) is 0 Å². The lowest BCUT2D eigenvalue weighted by molar-refractivity contribution is 0.301. The van der Waals surface area contributed by atoms with Crippen LogP contribution in [0.5, 0.6) is 5.75 Å². The van der Waals surface area contributed by atoms with Gasteiger partial charge in [0.2, 0.25) is 0 Å². The highest BCUT2D eigenvalue weighted by Crippen LogP contribution is 2.32. The Bertz CT molecular complexity index is 778. The van der Waals surface area contributed by atoms with Crippen molar-refractivity contribution in [3.63, 3.8) is 0 Å². The maximum Gasteiger partial charge on any atom is 0.150 e. The summed E-state index contributed by atoms with van der Waals surface area (Å²) in [5, 5.41) is 0. The minimum atomic E-state index is 0.466. The van der Waals surface area contributed by atoms with Crippen molar-refractivity contribution in [3.8, 4) is 5.75 Å². The number of aryl methyl sites for hydroxylation is 3. The normalized spacial score (nSPS) is 11.0. The highest BCUT2D eigenvalue weighted by atomic mass is 16.5. The van der Waals surface area contributed by atoms with E-state index in [0.717, 1.165) is 46.6 Å². The van der Waals surface area contributed by atoms with Gasteiger partial charge < -0.3 is 9.72 Å². The molecule has 0 bridgehead atoms. The summed E-state index contributed by atoms with van der Waals surface area (Å²) < 4.78 is 6.12. The van der Waals surface area contributed by atoms with E-state index in [4.69, 9.17) is 4.74 Å². The smallest absolute Gasteiger partial charge is 0.150 e. The van der Waals surface area contributed by atoms with E-state index < -0.39 is 0 Å². The highest BCUT2D eigenvalue weighted by molar-refractivity contribution is 5.86. The van der Waals surface area contributed by atoms with Crippen LogP contribution in [0.3, 0.4) is 0 Å². The molecule has 0 spiro atoms. The Morgan fingerprint density at radius 3 is 2.77 bits per heavy atom. The van der Waals surface area contributed by atoms with Crippen molar-refractivity contribution < 1.29 is 4.74 Å². The van der Waals surface area contributed by atoms with Gasteiger partial charge in [0.05, 0.1) is 11.2 Å². The van der Waals surface area contributed by atoms with Crippen LogP contribution in [0.25, 0.3) is 11.0 Å². The molecule has 0 aromatic carbocycles. The van der Waals surface area contributed by atoms with Gasteiger partial charge in [0, 0.05) is 23.7 Å². The van der Waals surface area contributed by atoms with Crippen molar-refractivity contribution >= 4 is 11.0 Å². The summed E-state index contributed by atoms with van der Waals surface area (Å²) in [4.78, 5) is 12.4. The zero-order chi connectivity index (χ0) is 15.5. The van der Waals surface area contributed by atoms with Crippen LogP contribution in [0.15, 0.2) is 30.6 Å². The molecule has 3 heterocycles. The Kier molecular flexibility index (Phi) is 4.09. The molecule has 0 atom stereocenters. The Balaban J connectivity index is 2.00. The number of hydrogen-bond acceptors (Lipinski definition) is 3. The number of fused-ring (bicyclic) bond motifs is 1. The third-order valence-corrected chi connectivity index (χ3v) is 3.95. The van der Waals surface area contributed by atoms with Crippen LogP contribution in [0.1, 0.15) is 35.9 Å². The SMILES string of the molecule is CCCc1cnc2c(C)c(C)[nH]c2c1OCc1ccccn1. The van der Waals surface area contributed by atoms with Gasteiger partial charge in [-0.25, -0.2) is 0 Å². The summed E-state index contributed by atoms with van der Waals surface area (Å²) in [5.74, 6) is 0.911. The van der Waals surface area contributed by atoms with Crippen LogP contribution in [-0.2, 0) is 13.0 Å². The first kappa shape index (κ1) is 14.6. The van der Waals surface area contributed by atoms with Gasteiger partial charge >= 0.3 is 0 Å². The van der Waals surface area contributed by atoms with Gasteiger partial charge in [-0.05, 0) is 38.0 Å². The predicted molar refractivity (Wildman–Crippen MR) is 88.1 cm³/mol. The molecule has 4 nitrogen and oxygen atoms in total.